The first-order chi connectivity index (χ1) is 11.7. The molecule has 0 saturated heterocycles. The number of benzene rings is 1. The van der Waals surface area contributed by atoms with E-state index in [1.807, 2.05) is 50.4 Å². The van der Waals surface area contributed by atoms with Gasteiger partial charge in [0.1, 0.15) is 0 Å². The maximum atomic E-state index is 11.7. The summed E-state index contributed by atoms with van der Waals surface area (Å²) >= 11 is 5.02. The van der Waals surface area contributed by atoms with E-state index in [0.717, 1.165) is 15.4 Å². The molecule has 25 heavy (non-hydrogen) atoms. The highest BCUT2D eigenvalue weighted by molar-refractivity contribution is 9.10. The number of carbonyl (C=O) groups excluding carboxylic acids is 1. The van der Waals surface area contributed by atoms with Gasteiger partial charge in [-0.25, -0.2) is 4.98 Å². The van der Waals surface area contributed by atoms with Crippen LogP contribution in [0.2, 0.25) is 0 Å². The Morgan fingerprint density at radius 3 is 2.64 bits per heavy atom. The Labute approximate surface area is 161 Å². The number of ether oxygens (including phenoxy) is 2. The van der Waals surface area contributed by atoms with Crippen molar-refractivity contribution in [3.05, 3.63) is 34.8 Å². The smallest absolute Gasteiger partial charge is 0.230 e. The number of para-hydroxylation sites is 1. The number of halogens is 1. The third-order valence-corrected chi connectivity index (χ3v) is 5.95. The summed E-state index contributed by atoms with van der Waals surface area (Å²) in [4.78, 5) is 15.5. The number of pyridine rings is 1. The Hall–Kier alpha value is -1.31. The van der Waals surface area contributed by atoms with Gasteiger partial charge in [0.25, 0.3) is 0 Å². The zero-order chi connectivity index (χ0) is 18.7. The van der Waals surface area contributed by atoms with Gasteiger partial charge < -0.3 is 14.8 Å². The van der Waals surface area contributed by atoms with Crippen LogP contribution in [0.3, 0.4) is 0 Å². The van der Waals surface area contributed by atoms with Crippen LogP contribution in [-0.2, 0) is 9.53 Å². The average molecular weight is 427 g/mol. The van der Waals surface area contributed by atoms with E-state index in [0.29, 0.717) is 5.88 Å². The van der Waals surface area contributed by atoms with Crippen LogP contribution in [0.5, 0.6) is 5.88 Å². The summed E-state index contributed by atoms with van der Waals surface area (Å²) < 4.78 is 12.5. The number of nitrogens with one attached hydrogen (secondary N) is 1. The number of hydrogen-bond donors (Lipinski definition) is 1. The van der Waals surface area contributed by atoms with Crippen LogP contribution in [0.4, 0.5) is 0 Å². The molecule has 0 fully saturated rings. The summed E-state index contributed by atoms with van der Waals surface area (Å²) in [7, 11) is 1.61. The Balaban J connectivity index is 2.49. The van der Waals surface area contributed by atoms with Gasteiger partial charge in [0.2, 0.25) is 16.7 Å². The van der Waals surface area contributed by atoms with Crippen LogP contribution in [0.1, 0.15) is 20.8 Å². The van der Waals surface area contributed by atoms with E-state index in [9.17, 15) is 4.79 Å². The van der Waals surface area contributed by atoms with Gasteiger partial charge in [-0.2, -0.15) is 0 Å². The molecule has 0 spiro atoms. The molecule has 1 unspecified atom stereocenters. The van der Waals surface area contributed by atoms with Crippen LogP contribution in [0.25, 0.3) is 10.9 Å². The lowest BCUT2D eigenvalue weighted by molar-refractivity contribution is -0.122. The largest absolute Gasteiger partial charge is 0.454 e. The van der Waals surface area contributed by atoms with Gasteiger partial charge in [-0.15, -0.1) is 11.8 Å². The maximum absolute atomic E-state index is 11.7. The van der Waals surface area contributed by atoms with E-state index in [1.54, 1.807) is 7.11 Å². The fourth-order valence-corrected chi connectivity index (χ4v) is 4.09. The van der Waals surface area contributed by atoms with E-state index in [2.05, 4.69) is 26.2 Å². The third kappa shape index (κ3) is 4.27. The highest BCUT2D eigenvalue weighted by Crippen LogP contribution is 2.39. The first kappa shape index (κ1) is 20.0. The van der Waals surface area contributed by atoms with E-state index in [4.69, 9.17) is 9.47 Å². The van der Waals surface area contributed by atoms with Crippen molar-refractivity contribution in [1.82, 2.24) is 10.3 Å². The quantitative estimate of drug-likeness (QED) is 0.677. The second-order valence-electron chi connectivity index (χ2n) is 6.27. The van der Waals surface area contributed by atoms with Crippen molar-refractivity contribution < 1.29 is 14.3 Å². The molecule has 5 nitrogen and oxygen atoms in total. The second-order valence-corrected chi connectivity index (χ2v) is 8.19. The van der Waals surface area contributed by atoms with Crippen molar-refractivity contribution in [2.24, 2.45) is 0 Å². The number of rotatable bonds is 7. The Bertz CT molecular complexity index is 769. The maximum Gasteiger partial charge on any atom is 0.230 e. The first-order valence-corrected chi connectivity index (χ1v) is 9.83. The highest BCUT2D eigenvalue weighted by Gasteiger charge is 2.49. The van der Waals surface area contributed by atoms with Crippen LogP contribution >= 0.6 is 27.7 Å². The topological polar surface area (TPSA) is 60.5 Å². The molecule has 0 radical (unpaired) electrons. The van der Waals surface area contributed by atoms with Gasteiger partial charge in [0, 0.05) is 19.4 Å². The van der Waals surface area contributed by atoms with Crippen LogP contribution < -0.4 is 10.1 Å². The van der Waals surface area contributed by atoms with E-state index < -0.39 is 10.5 Å². The van der Waals surface area contributed by atoms with Crippen molar-refractivity contribution in [1.29, 1.82) is 0 Å². The molecule has 2 aromatic rings. The average Bonchev–Trinajstić information content (AvgIpc) is 2.53. The molecule has 0 aliphatic heterocycles. The van der Waals surface area contributed by atoms with Crippen molar-refractivity contribution in [2.45, 2.75) is 31.2 Å². The molecule has 0 aliphatic rings. The van der Waals surface area contributed by atoms with E-state index >= 15 is 0 Å². The molecule has 0 aliphatic carbocycles. The Kier molecular flexibility index (Phi) is 6.35. The predicted molar refractivity (Wildman–Crippen MR) is 106 cm³/mol. The summed E-state index contributed by atoms with van der Waals surface area (Å²) in [6, 6.07) is 9.81. The molecule has 1 aromatic heterocycles. The molecule has 1 aromatic carbocycles. The van der Waals surface area contributed by atoms with Gasteiger partial charge in [0.15, 0.2) is 0 Å². The monoisotopic (exact) mass is 426 g/mol. The number of nitrogens with zero attached hydrogens (tertiary/aromatic N) is 1. The first-order valence-electron chi connectivity index (χ1n) is 7.82. The van der Waals surface area contributed by atoms with Gasteiger partial charge in [-0.3, -0.25) is 4.79 Å². The van der Waals surface area contributed by atoms with E-state index in [-0.39, 0.29) is 12.5 Å². The number of amides is 1. The number of carbonyl (C=O) groups is 1. The molecular weight excluding hydrogens is 404 g/mol. The van der Waals surface area contributed by atoms with Crippen molar-refractivity contribution in [3.63, 3.8) is 0 Å². The lowest BCUT2D eigenvalue weighted by Gasteiger charge is -2.44. The molecule has 0 bridgehead atoms. The lowest BCUT2D eigenvalue weighted by atomic mass is 9.96. The molecule has 1 atom stereocenters. The zero-order valence-electron chi connectivity index (χ0n) is 15.1. The van der Waals surface area contributed by atoms with Gasteiger partial charge in [0.05, 0.1) is 22.1 Å². The normalized spacial score (nSPS) is 14.2. The summed E-state index contributed by atoms with van der Waals surface area (Å²) in [5.41, 5.74) is 0.145. The third-order valence-electron chi connectivity index (χ3n) is 4.01. The number of fused-ring (bicyclic) bond motifs is 1. The molecule has 1 N–H and O–H groups in total. The molecule has 2 rings (SSSR count). The minimum absolute atomic E-state index is 0.131. The fourth-order valence-electron chi connectivity index (χ4n) is 2.72. The molecule has 0 saturated carbocycles. The van der Waals surface area contributed by atoms with Crippen LogP contribution in [0, 0.1) is 0 Å². The summed E-state index contributed by atoms with van der Waals surface area (Å²) in [5, 5.41) is 3.98. The van der Waals surface area contributed by atoms with Crippen LogP contribution in [0.15, 0.2) is 34.8 Å². The minimum Gasteiger partial charge on any atom is -0.454 e. The molecule has 1 heterocycles. The van der Waals surface area contributed by atoms with Gasteiger partial charge in [-0.05, 0) is 48.2 Å². The van der Waals surface area contributed by atoms with Gasteiger partial charge in [-0.1, -0.05) is 18.2 Å². The molecule has 7 heteroatoms. The SMILES string of the molecule is COCC(Oc1nc2ccccc2cc1Br)(SC)C(C)(C)NC(C)=O. The number of methoxy groups -OCH3 is 1. The minimum atomic E-state index is -0.856. The lowest BCUT2D eigenvalue weighted by Crippen LogP contribution is -2.63. The van der Waals surface area contributed by atoms with Crippen LogP contribution in [-0.4, -0.2) is 41.3 Å². The Morgan fingerprint density at radius 1 is 1.36 bits per heavy atom. The standard InChI is InChI=1S/C18H23BrN2O3S/c1-12(22)21-17(2,3)18(25-5,11-23-4)24-16-14(19)10-13-8-6-7-9-15(13)20-16/h6-10H,11H2,1-5H3,(H,21,22). The number of hydrogen-bond acceptors (Lipinski definition) is 5. The molecule has 1 amide bonds. The molecular formula is C18H23BrN2O3S. The predicted octanol–water partition coefficient (Wildman–Crippen LogP) is 4.00. The number of aromatic nitrogens is 1. The highest BCUT2D eigenvalue weighted by atomic mass is 79.9. The zero-order valence-corrected chi connectivity index (χ0v) is 17.5. The van der Waals surface area contributed by atoms with Gasteiger partial charge >= 0.3 is 0 Å². The Morgan fingerprint density at radius 2 is 2.04 bits per heavy atom. The fraction of sp³-hybridized carbons (Fsp3) is 0.444. The second kappa shape index (κ2) is 7.93. The summed E-state index contributed by atoms with van der Waals surface area (Å²) in [5.74, 6) is 0.331. The van der Waals surface area contributed by atoms with Crippen molar-refractivity contribution in [3.8, 4) is 5.88 Å². The number of thioether (sulfide) groups is 1. The van der Waals surface area contributed by atoms with E-state index in [1.165, 1.54) is 18.7 Å². The van der Waals surface area contributed by atoms with Crippen molar-refractivity contribution in [2.75, 3.05) is 20.0 Å². The summed E-state index contributed by atoms with van der Waals surface area (Å²) in [6.45, 7) is 5.60. The summed E-state index contributed by atoms with van der Waals surface area (Å²) in [6.07, 6.45) is 1.93. The molecule has 136 valence electrons. The van der Waals surface area contributed by atoms with Crippen molar-refractivity contribution >= 4 is 44.5 Å².